The van der Waals surface area contributed by atoms with E-state index >= 15 is 0 Å². The van der Waals surface area contributed by atoms with E-state index in [1.807, 2.05) is 42.5 Å². The fraction of sp³-hybridized carbons (Fsp3) is 0.154. The number of benzene rings is 2. The molecule has 1 fully saturated rings. The van der Waals surface area contributed by atoms with Crippen LogP contribution < -0.4 is 15.5 Å². The molecule has 0 spiro atoms. The van der Waals surface area contributed by atoms with Crippen LogP contribution in [-0.4, -0.2) is 47.2 Å². The molecule has 9 heteroatoms. The summed E-state index contributed by atoms with van der Waals surface area (Å²) in [6.45, 7) is 3.32. The van der Waals surface area contributed by atoms with Gasteiger partial charge in [0.05, 0.1) is 29.5 Å². The normalized spacial score (nSPS) is 13.3. The molecular formula is C26H23ClN6O2. The van der Waals surface area contributed by atoms with Crippen molar-refractivity contribution in [2.75, 3.05) is 41.8 Å². The van der Waals surface area contributed by atoms with Gasteiger partial charge in [-0.1, -0.05) is 23.7 Å². The Morgan fingerprint density at radius 2 is 1.66 bits per heavy atom. The van der Waals surface area contributed by atoms with Crippen LogP contribution in [0.3, 0.4) is 0 Å². The smallest absolute Gasteiger partial charge is 0.257 e. The van der Waals surface area contributed by atoms with Gasteiger partial charge in [0.2, 0.25) is 5.95 Å². The minimum atomic E-state index is -0.293. The average Bonchev–Trinajstić information content (AvgIpc) is 2.90. The maximum Gasteiger partial charge on any atom is 0.257 e. The SMILES string of the molecule is O=C(Nc1ccc(-c2ccnc(Nc3ccc(N4CCOCC4)cc3)n2)cc1)c1ccncc1Cl. The maximum atomic E-state index is 12.5. The first-order valence-electron chi connectivity index (χ1n) is 11.2. The minimum Gasteiger partial charge on any atom is -0.378 e. The quantitative estimate of drug-likeness (QED) is 0.395. The molecule has 1 aliphatic heterocycles. The molecule has 5 rings (SSSR count). The van der Waals surface area contributed by atoms with Gasteiger partial charge in [-0.3, -0.25) is 9.78 Å². The average molecular weight is 487 g/mol. The number of nitrogens with zero attached hydrogens (tertiary/aromatic N) is 4. The van der Waals surface area contributed by atoms with Crippen LogP contribution in [0.4, 0.5) is 23.0 Å². The molecule has 0 aliphatic carbocycles. The largest absolute Gasteiger partial charge is 0.378 e. The van der Waals surface area contributed by atoms with Gasteiger partial charge in [-0.05, 0) is 48.5 Å². The summed E-state index contributed by atoms with van der Waals surface area (Å²) in [4.78, 5) is 27.7. The molecule has 0 unspecified atom stereocenters. The predicted molar refractivity (Wildman–Crippen MR) is 137 cm³/mol. The Morgan fingerprint density at radius 1 is 0.914 bits per heavy atom. The fourth-order valence-corrected chi connectivity index (χ4v) is 3.97. The zero-order valence-corrected chi connectivity index (χ0v) is 19.6. The van der Waals surface area contributed by atoms with Crippen LogP contribution in [0.15, 0.2) is 79.3 Å². The number of hydrogen-bond acceptors (Lipinski definition) is 7. The number of rotatable bonds is 6. The number of carbonyl (C=O) groups is 1. The van der Waals surface area contributed by atoms with E-state index < -0.39 is 0 Å². The van der Waals surface area contributed by atoms with Gasteiger partial charge < -0.3 is 20.3 Å². The van der Waals surface area contributed by atoms with E-state index in [4.69, 9.17) is 16.3 Å². The molecule has 35 heavy (non-hydrogen) atoms. The lowest BCUT2D eigenvalue weighted by Crippen LogP contribution is -2.36. The standard InChI is InChI=1S/C26H23ClN6O2/c27-23-17-28-11-9-22(23)25(34)30-19-3-1-18(2-4-19)24-10-12-29-26(32-24)31-20-5-7-21(8-6-20)33-13-15-35-16-14-33/h1-12,17H,13-16H2,(H,30,34)(H,29,31,32). The van der Waals surface area contributed by atoms with Gasteiger partial charge in [0.1, 0.15) is 0 Å². The number of nitrogens with one attached hydrogen (secondary N) is 2. The summed E-state index contributed by atoms with van der Waals surface area (Å²) < 4.78 is 5.42. The van der Waals surface area contributed by atoms with E-state index in [1.165, 1.54) is 18.1 Å². The molecule has 0 bridgehead atoms. The minimum absolute atomic E-state index is 0.293. The first-order valence-corrected chi connectivity index (χ1v) is 11.6. The highest BCUT2D eigenvalue weighted by atomic mass is 35.5. The molecule has 0 atom stereocenters. The molecule has 0 radical (unpaired) electrons. The Morgan fingerprint density at radius 3 is 2.40 bits per heavy atom. The number of anilines is 4. The molecule has 1 amide bonds. The van der Waals surface area contributed by atoms with E-state index in [0.29, 0.717) is 22.2 Å². The third-order valence-electron chi connectivity index (χ3n) is 5.61. The molecule has 2 aromatic heterocycles. The topological polar surface area (TPSA) is 92.3 Å². The highest BCUT2D eigenvalue weighted by Crippen LogP contribution is 2.24. The number of ether oxygens (including phenoxy) is 1. The Bertz CT molecular complexity index is 1310. The number of halogens is 1. The molecule has 2 N–H and O–H groups in total. The molecule has 0 saturated carbocycles. The van der Waals surface area contributed by atoms with Crippen molar-refractivity contribution in [1.82, 2.24) is 15.0 Å². The molecule has 8 nitrogen and oxygen atoms in total. The van der Waals surface area contributed by atoms with Gasteiger partial charge in [-0.25, -0.2) is 9.97 Å². The van der Waals surface area contributed by atoms with Crippen molar-refractivity contribution in [2.45, 2.75) is 0 Å². The number of aromatic nitrogens is 3. The number of carbonyl (C=O) groups excluding carboxylic acids is 1. The van der Waals surface area contributed by atoms with Crippen molar-refractivity contribution < 1.29 is 9.53 Å². The lowest BCUT2D eigenvalue weighted by molar-refractivity contribution is 0.102. The van der Waals surface area contributed by atoms with Crippen molar-refractivity contribution >= 4 is 40.5 Å². The van der Waals surface area contributed by atoms with E-state index in [2.05, 4.69) is 42.6 Å². The van der Waals surface area contributed by atoms with Crippen LogP contribution in [0.5, 0.6) is 0 Å². The fourth-order valence-electron chi connectivity index (χ4n) is 3.77. The van der Waals surface area contributed by atoms with Crippen molar-refractivity contribution in [3.63, 3.8) is 0 Å². The van der Waals surface area contributed by atoms with E-state index in [-0.39, 0.29) is 5.91 Å². The van der Waals surface area contributed by atoms with Gasteiger partial charge in [0, 0.05) is 54.3 Å². The lowest BCUT2D eigenvalue weighted by atomic mass is 10.1. The van der Waals surface area contributed by atoms with Gasteiger partial charge >= 0.3 is 0 Å². The van der Waals surface area contributed by atoms with E-state index in [9.17, 15) is 4.79 Å². The highest BCUT2D eigenvalue weighted by molar-refractivity contribution is 6.34. The van der Waals surface area contributed by atoms with Gasteiger partial charge in [0.15, 0.2) is 0 Å². The van der Waals surface area contributed by atoms with Crippen molar-refractivity contribution in [1.29, 1.82) is 0 Å². The molecule has 1 aliphatic rings. The van der Waals surface area contributed by atoms with Crippen LogP contribution in [-0.2, 0) is 4.74 Å². The lowest BCUT2D eigenvalue weighted by Gasteiger charge is -2.28. The Balaban J connectivity index is 1.25. The van der Waals surface area contributed by atoms with Gasteiger partial charge in [-0.2, -0.15) is 0 Å². The summed E-state index contributed by atoms with van der Waals surface area (Å²) in [6, 6.07) is 19.1. The van der Waals surface area contributed by atoms with E-state index in [0.717, 1.165) is 43.2 Å². The predicted octanol–water partition coefficient (Wildman–Crippen LogP) is 5.02. The second-order valence-corrected chi connectivity index (χ2v) is 8.33. The van der Waals surface area contributed by atoms with Crippen LogP contribution in [0.25, 0.3) is 11.3 Å². The monoisotopic (exact) mass is 486 g/mol. The van der Waals surface area contributed by atoms with Crippen molar-refractivity contribution in [2.24, 2.45) is 0 Å². The van der Waals surface area contributed by atoms with Crippen molar-refractivity contribution in [3.8, 4) is 11.3 Å². The number of pyridine rings is 1. The highest BCUT2D eigenvalue weighted by Gasteiger charge is 2.12. The molecule has 2 aromatic carbocycles. The Labute approximate surface area is 208 Å². The number of amides is 1. The summed E-state index contributed by atoms with van der Waals surface area (Å²) in [7, 11) is 0. The number of hydrogen-bond donors (Lipinski definition) is 2. The van der Waals surface area contributed by atoms with E-state index in [1.54, 1.807) is 12.3 Å². The van der Waals surface area contributed by atoms with Crippen LogP contribution in [0.1, 0.15) is 10.4 Å². The summed E-state index contributed by atoms with van der Waals surface area (Å²) in [5, 5.41) is 6.41. The zero-order chi connectivity index (χ0) is 24.0. The first-order chi connectivity index (χ1) is 17.2. The zero-order valence-electron chi connectivity index (χ0n) is 18.8. The first kappa shape index (κ1) is 22.8. The third-order valence-corrected chi connectivity index (χ3v) is 5.91. The second kappa shape index (κ2) is 10.5. The summed E-state index contributed by atoms with van der Waals surface area (Å²) in [6.07, 6.45) is 4.69. The summed E-state index contributed by atoms with van der Waals surface area (Å²) in [5.41, 5.74) is 4.77. The van der Waals surface area contributed by atoms with Gasteiger partial charge in [0.25, 0.3) is 5.91 Å². The second-order valence-electron chi connectivity index (χ2n) is 7.92. The molecule has 176 valence electrons. The van der Waals surface area contributed by atoms with Crippen LogP contribution >= 0.6 is 11.6 Å². The van der Waals surface area contributed by atoms with Gasteiger partial charge in [-0.15, -0.1) is 0 Å². The van der Waals surface area contributed by atoms with Crippen molar-refractivity contribution in [3.05, 3.63) is 89.8 Å². The molecule has 3 heterocycles. The Hall–Kier alpha value is -4.01. The molecule has 4 aromatic rings. The van der Waals surface area contributed by atoms with Crippen LogP contribution in [0.2, 0.25) is 5.02 Å². The maximum absolute atomic E-state index is 12.5. The molecular weight excluding hydrogens is 464 g/mol. The van der Waals surface area contributed by atoms with Crippen LogP contribution in [0, 0.1) is 0 Å². The molecule has 1 saturated heterocycles. The number of morpholine rings is 1. The summed E-state index contributed by atoms with van der Waals surface area (Å²) >= 11 is 6.06. The Kier molecular flexibility index (Phi) is 6.83. The third kappa shape index (κ3) is 5.56. The summed E-state index contributed by atoms with van der Waals surface area (Å²) in [5.74, 6) is 0.213.